The quantitative estimate of drug-likeness (QED) is 0.775. The molecule has 1 aliphatic carbocycles. The molecule has 17 heavy (non-hydrogen) atoms. The summed E-state index contributed by atoms with van der Waals surface area (Å²) in [5.41, 5.74) is 0. The molecule has 1 fully saturated rings. The van der Waals surface area contributed by atoms with Crippen LogP contribution in [0.25, 0.3) is 0 Å². The summed E-state index contributed by atoms with van der Waals surface area (Å²) in [6.45, 7) is 2.38. The largest absolute Gasteiger partial charge is 0.396 e. The van der Waals surface area contributed by atoms with E-state index >= 15 is 0 Å². The number of aryl methyl sites for hydroxylation is 1. The van der Waals surface area contributed by atoms with Crippen molar-refractivity contribution in [3.8, 4) is 0 Å². The van der Waals surface area contributed by atoms with Gasteiger partial charge in [0.1, 0.15) is 5.82 Å². The van der Waals surface area contributed by atoms with E-state index in [2.05, 4.69) is 14.5 Å². The lowest BCUT2D eigenvalue weighted by Crippen LogP contribution is -2.42. The topological polar surface area (TPSA) is 41.3 Å². The lowest BCUT2D eigenvalue weighted by Gasteiger charge is -2.37. The van der Waals surface area contributed by atoms with Gasteiger partial charge in [-0.3, -0.25) is 4.90 Å². The van der Waals surface area contributed by atoms with Crippen LogP contribution in [-0.2, 0) is 13.5 Å². The Morgan fingerprint density at radius 3 is 2.82 bits per heavy atom. The molecule has 0 atom stereocenters. The minimum Gasteiger partial charge on any atom is -0.396 e. The molecule has 0 radical (unpaired) electrons. The van der Waals surface area contributed by atoms with E-state index in [9.17, 15) is 0 Å². The van der Waals surface area contributed by atoms with Gasteiger partial charge >= 0.3 is 0 Å². The molecule has 1 aromatic heterocycles. The number of nitrogens with zero attached hydrogens (tertiary/aromatic N) is 3. The molecule has 2 rings (SSSR count). The predicted molar refractivity (Wildman–Crippen MR) is 67.8 cm³/mol. The number of aromatic nitrogens is 2. The van der Waals surface area contributed by atoms with Crippen molar-refractivity contribution in [1.82, 2.24) is 14.5 Å². The van der Waals surface area contributed by atoms with Gasteiger partial charge in [-0.05, 0) is 19.3 Å². The molecule has 0 aliphatic heterocycles. The first-order valence-electron chi connectivity index (χ1n) is 6.62. The summed E-state index contributed by atoms with van der Waals surface area (Å²) < 4.78 is 2.09. The third-order valence-electron chi connectivity index (χ3n) is 3.74. The molecule has 4 heteroatoms. The van der Waals surface area contributed by atoms with Gasteiger partial charge in [0, 0.05) is 51.6 Å². The molecule has 96 valence electrons. The first-order chi connectivity index (χ1) is 8.31. The van der Waals surface area contributed by atoms with E-state index in [0.717, 1.165) is 37.8 Å². The van der Waals surface area contributed by atoms with E-state index < -0.39 is 0 Å². The van der Waals surface area contributed by atoms with Gasteiger partial charge in [-0.2, -0.15) is 0 Å². The van der Waals surface area contributed by atoms with Crippen molar-refractivity contribution in [2.45, 2.75) is 38.1 Å². The first kappa shape index (κ1) is 12.6. The van der Waals surface area contributed by atoms with Crippen LogP contribution in [0.4, 0.5) is 0 Å². The number of rotatable bonds is 7. The van der Waals surface area contributed by atoms with Gasteiger partial charge in [-0.25, -0.2) is 4.98 Å². The average Bonchev–Trinajstić information content (AvgIpc) is 2.65. The van der Waals surface area contributed by atoms with Gasteiger partial charge in [0.15, 0.2) is 0 Å². The zero-order chi connectivity index (χ0) is 12.1. The first-order valence-corrected chi connectivity index (χ1v) is 6.62. The minimum atomic E-state index is 0.297. The van der Waals surface area contributed by atoms with Crippen molar-refractivity contribution >= 4 is 0 Å². The predicted octanol–water partition coefficient (Wildman–Crippen LogP) is 1.20. The Kier molecular flexibility index (Phi) is 4.57. The average molecular weight is 237 g/mol. The molecule has 0 unspecified atom stereocenters. The van der Waals surface area contributed by atoms with Crippen molar-refractivity contribution in [3.63, 3.8) is 0 Å². The van der Waals surface area contributed by atoms with Gasteiger partial charge in [-0.1, -0.05) is 6.42 Å². The van der Waals surface area contributed by atoms with Crippen molar-refractivity contribution in [2.75, 3.05) is 19.7 Å². The lowest BCUT2D eigenvalue weighted by atomic mass is 9.91. The highest BCUT2D eigenvalue weighted by molar-refractivity contribution is 4.92. The number of aliphatic hydroxyl groups is 1. The van der Waals surface area contributed by atoms with Crippen molar-refractivity contribution < 1.29 is 5.11 Å². The van der Waals surface area contributed by atoms with Crippen molar-refractivity contribution in [3.05, 3.63) is 18.2 Å². The monoisotopic (exact) mass is 237 g/mol. The lowest BCUT2D eigenvalue weighted by molar-refractivity contribution is 0.117. The third-order valence-corrected chi connectivity index (χ3v) is 3.74. The summed E-state index contributed by atoms with van der Waals surface area (Å²) in [6, 6.07) is 0.752. The molecular weight excluding hydrogens is 214 g/mol. The standard InChI is InChI=1S/C13H23N3O/c1-15-10-7-14-13(15)6-9-16(8-3-11-17)12-4-2-5-12/h7,10,12,17H,2-6,8-9,11H2,1H3. The van der Waals surface area contributed by atoms with E-state index in [-0.39, 0.29) is 0 Å². The van der Waals surface area contributed by atoms with Gasteiger partial charge in [0.05, 0.1) is 0 Å². The molecule has 1 heterocycles. The molecule has 0 bridgehead atoms. The van der Waals surface area contributed by atoms with E-state index in [0.29, 0.717) is 6.61 Å². The molecule has 0 amide bonds. The van der Waals surface area contributed by atoms with Gasteiger partial charge < -0.3 is 9.67 Å². The summed E-state index contributed by atoms with van der Waals surface area (Å²) in [4.78, 5) is 6.88. The van der Waals surface area contributed by atoms with E-state index in [1.54, 1.807) is 0 Å². The summed E-state index contributed by atoms with van der Waals surface area (Å²) in [5.74, 6) is 1.15. The van der Waals surface area contributed by atoms with Gasteiger partial charge in [0.2, 0.25) is 0 Å². The van der Waals surface area contributed by atoms with Crippen LogP contribution < -0.4 is 0 Å². The molecule has 1 saturated carbocycles. The summed E-state index contributed by atoms with van der Waals surface area (Å²) in [5, 5.41) is 8.94. The fraction of sp³-hybridized carbons (Fsp3) is 0.769. The zero-order valence-electron chi connectivity index (χ0n) is 10.7. The Labute approximate surface area is 103 Å². The van der Waals surface area contributed by atoms with Crippen molar-refractivity contribution in [2.24, 2.45) is 7.05 Å². The summed E-state index contributed by atoms with van der Waals surface area (Å²) >= 11 is 0. The summed E-state index contributed by atoms with van der Waals surface area (Å²) in [7, 11) is 2.05. The van der Waals surface area contributed by atoms with Crippen LogP contribution in [0.5, 0.6) is 0 Å². The molecule has 1 N–H and O–H groups in total. The van der Waals surface area contributed by atoms with Crippen LogP contribution in [0.1, 0.15) is 31.5 Å². The highest BCUT2D eigenvalue weighted by Crippen LogP contribution is 2.24. The fourth-order valence-electron chi connectivity index (χ4n) is 2.38. The molecule has 0 spiro atoms. The highest BCUT2D eigenvalue weighted by Gasteiger charge is 2.24. The van der Waals surface area contributed by atoms with Crippen LogP contribution in [0.3, 0.4) is 0 Å². The van der Waals surface area contributed by atoms with Crippen LogP contribution in [0, 0.1) is 0 Å². The Morgan fingerprint density at radius 2 is 2.29 bits per heavy atom. The molecule has 1 aliphatic rings. The van der Waals surface area contributed by atoms with Crippen LogP contribution in [0.2, 0.25) is 0 Å². The smallest absolute Gasteiger partial charge is 0.109 e. The normalized spacial score (nSPS) is 16.4. The van der Waals surface area contributed by atoms with Crippen LogP contribution in [0.15, 0.2) is 12.4 Å². The summed E-state index contributed by atoms with van der Waals surface area (Å²) in [6.07, 6.45) is 9.76. The van der Waals surface area contributed by atoms with E-state index in [4.69, 9.17) is 5.11 Å². The zero-order valence-corrected chi connectivity index (χ0v) is 10.7. The van der Waals surface area contributed by atoms with E-state index in [1.165, 1.54) is 19.3 Å². The maximum Gasteiger partial charge on any atom is 0.109 e. The Morgan fingerprint density at radius 1 is 1.47 bits per heavy atom. The number of aliphatic hydroxyl groups excluding tert-OH is 1. The number of hydrogen-bond acceptors (Lipinski definition) is 3. The Hall–Kier alpha value is -0.870. The Balaban J connectivity index is 1.82. The third kappa shape index (κ3) is 3.30. The van der Waals surface area contributed by atoms with Crippen LogP contribution >= 0.6 is 0 Å². The fourth-order valence-corrected chi connectivity index (χ4v) is 2.38. The van der Waals surface area contributed by atoms with E-state index in [1.807, 2.05) is 19.4 Å². The number of hydrogen-bond donors (Lipinski definition) is 1. The van der Waals surface area contributed by atoms with Crippen LogP contribution in [-0.4, -0.2) is 45.3 Å². The second kappa shape index (κ2) is 6.17. The molecule has 0 aromatic carbocycles. The SMILES string of the molecule is Cn1ccnc1CCN(CCCO)C1CCC1. The minimum absolute atomic E-state index is 0.297. The number of imidazole rings is 1. The maximum absolute atomic E-state index is 8.94. The maximum atomic E-state index is 8.94. The highest BCUT2D eigenvalue weighted by atomic mass is 16.3. The molecule has 4 nitrogen and oxygen atoms in total. The molecular formula is C13H23N3O. The second-order valence-corrected chi connectivity index (χ2v) is 4.90. The van der Waals surface area contributed by atoms with Crippen molar-refractivity contribution in [1.29, 1.82) is 0 Å². The Bertz CT molecular complexity index is 333. The van der Waals surface area contributed by atoms with Gasteiger partial charge in [-0.15, -0.1) is 0 Å². The molecule has 1 aromatic rings. The molecule has 0 saturated heterocycles. The second-order valence-electron chi connectivity index (χ2n) is 4.90. The van der Waals surface area contributed by atoms with Gasteiger partial charge in [0.25, 0.3) is 0 Å².